The molecule has 0 spiro atoms. The lowest BCUT2D eigenvalue weighted by Crippen LogP contribution is -2.38. The molecule has 1 atom stereocenters. The normalized spacial score (nSPS) is 15.2. The van der Waals surface area contributed by atoms with Crippen molar-refractivity contribution in [1.82, 2.24) is 4.90 Å². The Kier molecular flexibility index (Phi) is 8.63. The largest absolute Gasteiger partial charge is 0.493 e. The van der Waals surface area contributed by atoms with Crippen molar-refractivity contribution in [2.24, 2.45) is 0 Å². The molecule has 35 heavy (non-hydrogen) atoms. The van der Waals surface area contributed by atoms with Gasteiger partial charge in [0.1, 0.15) is 6.61 Å². The molecule has 0 saturated carbocycles. The summed E-state index contributed by atoms with van der Waals surface area (Å²) in [5, 5.41) is 22.9. The number of aliphatic hydroxyl groups excluding tert-OH is 1. The number of anilines is 1. The van der Waals surface area contributed by atoms with Crippen molar-refractivity contribution in [1.29, 1.82) is 0 Å². The Morgan fingerprint density at radius 2 is 1.89 bits per heavy atom. The van der Waals surface area contributed by atoms with Crippen molar-refractivity contribution < 1.29 is 33.8 Å². The number of nitro benzene ring substituents is 1. The molecule has 186 valence electrons. The van der Waals surface area contributed by atoms with Gasteiger partial charge in [0.05, 0.1) is 43.0 Å². The number of amides is 2. The molecule has 11 nitrogen and oxygen atoms in total. The number of aliphatic hydroxyl groups is 1. The lowest BCUT2D eigenvalue weighted by Gasteiger charge is -2.25. The van der Waals surface area contributed by atoms with E-state index in [1.807, 2.05) is 0 Å². The van der Waals surface area contributed by atoms with Crippen LogP contribution in [0.2, 0.25) is 0 Å². The number of carbonyl (C=O) groups is 2. The first-order valence-electron chi connectivity index (χ1n) is 10.9. The van der Waals surface area contributed by atoms with Crippen molar-refractivity contribution in [3.05, 3.63) is 63.7 Å². The fourth-order valence-corrected chi connectivity index (χ4v) is 3.77. The molecule has 1 fully saturated rings. The molecule has 0 aromatic heterocycles. The van der Waals surface area contributed by atoms with Crippen LogP contribution < -0.4 is 14.8 Å². The predicted molar refractivity (Wildman–Crippen MR) is 128 cm³/mol. The van der Waals surface area contributed by atoms with E-state index in [1.165, 1.54) is 38.5 Å². The van der Waals surface area contributed by atoms with Gasteiger partial charge in [-0.05, 0) is 42.7 Å². The van der Waals surface area contributed by atoms with Gasteiger partial charge >= 0.3 is 6.09 Å². The van der Waals surface area contributed by atoms with E-state index in [-0.39, 0.29) is 42.1 Å². The minimum Gasteiger partial charge on any atom is -0.493 e. The summed E-state index contributed by atoms with van der Waals surface area (Å²) in [6.07, 6.45) is 3.92. The summed E-state index contributed by atoms with van der Waals surface area (Å²) in [5.41, 5.74) is 1.05. The third-order valence-corrected chi connectivity index (χ3v) is 5.56. The maximum atomic E-state index is 13.2. The molecule has 1 aliphatic rings. The van der Waals surface area contributed by atoms with Gasteiger partial charge in [-0.25, -0.2) is 4.79 Å². The SMILES string of the molecule is COc1cc(NC(=O)OC/C=C/c2ccc([N+](=O)[O-])cc2)c(C(=O)N2CCC[C@H]2CO)cc1OC. The van der Waals surface area contributed by atoms with Crippen LogP contribution in [0.4, 0.5) is 16.2 Å². The van der Waals surface area contributed by atoms with Crippen LogP contribution in [0, 0.1) is 10.1 Å². The standard InChI is InChI=1S/C24H27N3O8/c1-33-21-13-19(23(29)26-11-3-6-18(26)15-28)20(14-22(21)34-2)25-24(30)35-12-4-5-16-7-9-17(10-8-16)27(31)32/h4-5,7-10,13-14,18,28H,3,6,11-12,15H2,1-2H3,(H,25,30)/b5-4+/t18-/m0/s1. The Balaban J connectivity index is 1.71. The Morgan fingerprint density at radius 1 is 1.20 bits per heavy atom. The zero-order chi connectivity index (χ0) is 25.4. The van der Waals surface area contributed by atoms with Crippen molar-refractivity contribution in [2.75, 3.05) is 39.3 Å². The van der Waals surface area contributed by atoms with Crippen LogP contribution in [0.15, 0.2) is 42.5 Å². The van der Waals surface area contributed by atoms with Gasteiger partial charge in [-0.15, -0.1) is 0 Å². The van der Waals surface area contributed by atoms with Crippen molar-refractivity contribution in [3.8, 4) is 11.5 Å². The highest BCUT2D eigenvalue weighted by atomic mass is 16.6. The summed E-state index contributed by atoms with van der Waals surface area (Å²) >= 11 is 0. The number of carbonyl (C=O) groups excluding carboxylic acids is 2. The van der Waals surface area contributed by atoms with Gasteiger partial charge in [0.25, 0.3) is 11.6 Å². The lowest BCUT2D eigenvalue weighted by molar-refractivity contribution is -0.384. The minimum atomic E-state index is -0.792. The highest BCUT2D eigenvalue weighted by Crippen LogP contribution is 2.35. The minimum absolute atomic E-state index is 0.0164. The van der Waals surface area contributed by atoms with Gasteiger partial charge in [0.2, 0.25) is 0 Å². The smallest absolute Gasteiger partial charge is 0.411 e. The summed E-state index contributed by atoms with van der Waals surface area (Å²) < 4.78 is 15.8. The molecule has 2 N–H and O–H groups in total. The number of methoxy groups -OCH3 is 2. The van der Waals surface area contributed by atoms with Gasteiger partial charge in [-0.3, -0.25) is 20.2 Å². The molecule has 1 aliphatic heterocycles. The molecular weight excluding hydrogens is 458 g/mol. The zero-order valence-corrected chi connectivity index (χ0v) is 19.4. The summed E-state index contributed by atoms with van der Waals surface area (Å²) in [6, 6.07) is 8.58. The Hall–Kier alpha value is -4.12. The van der Waals surface area contributed by atoms with Gasteiger partial charge < -0.3 is 24.2 Å². The van der Waals surface area contributed by atoms with Crippen molar-refractivity contribution >= 4 is 29.5 Å². The second kappa shape index (κ2) is 11.8. The molecule has 2 aromatic carbocycles. The second-order valence-corrected chi connectivity index (χ2v) is 7.70. The number of ether oxygens (including phenoxy) is 3. The van der Waals surface area contributed by atoms with Crippen LogP contribution >= 0.6 is 0 Å². The first kappa shape index (κ1) is 25.5. The van der Waals surface area contributed by atoms with Crippen LogP contribution in [-0.2, 0) is 4.74 Å². The molecule has 1 saturated heterocycles. The van der Waals surface area contributed by atoms with Crippen molar-refractivity contribution in [3.63, 3.8) is 0 Å². The van der Waals surface area contributed by atoms with E-state index in [9.17, 15) is 24.8 Å². The number of rotatable bonds is 9. The Morgan fingerprint density at radius 3 is 2.51 bits per heavy atom. The molecule has 3 rings (SSSR count). The van der Waals surface area contributed by atoms with Gasteiger partial charge in [-0.2, -0.15) is 0 Å². The summed E-state index contributed by atoms with van der Waals surface area (Å²) in [7, 11) is 2.88. The van der Waals surface area contributed by atoms with Crippen LogP contribution in [0.1, 0.15) is 28.8 Å². The molecular formula is C24H27N3O8. The van der Waals surface area contributed by atoms with Crippen LogP contribution in [0.5, 0.6) is 11.5 Å². The van der Waals surface area contributed by atoms with E-state index in [0.717, 1.165) is 6.42 Å². The summed E-state index contributed by atoms with van der Waals surface area (Å²) in [6.45, 7) is 0.277. The lowest BCUT2D eigenvalue weighted by atomic mass is 10.1. The van der Waals surface area contributed by atoms with Gasteiger partial charge in [0.15, 0.2) is 11.5 Å². The number of likely N-dealkylation sites (tertiary alicyclic amines) is 1. The van der Waals surface area contributed by atoms with E-state index >= 15 is 0 Å². The highest BCUT2D eigenvalue weighted by Gasteiger charge is 2.31. The Bertz CT molecular complexity index is 1100. The van der Waals surface area contributed by atoms with Gasteiger partial charge in [0, 0.05) is 24.7 Å². The zero-order valence-electron chi connectivity index (χ0n) is 19.4. The first-order valence-corrected chi connectivity index (χ1v) is 10.9. The van der Waals surface area contributed by atoms with E-state index in [0.29, 0.717) is 30.0 Å². The van der Waals surface area contributed by atoms with Crippen molar-refractivity contribution in [2.45, 2.75) is 18.9 Å². The number of hydrogen-bond acceptors (Lipinski definition) is 8. The molecule has 11 heteroatoms. The maximum Gasteiger partial charge on any atom is 0.411 e. The monoisotopic (exact) mass is 485 g/mol. The molecule has 0 bridgehead atoms. The van der Waals surface area contributed by atoms with E-state index in [1.54, 1.807) is 29.2 Å². The van der Waals surface area contributed by atoms with Crippen LogP contribution in [-0.4, -0.2) is 67.0 Å². The number of nitro groups is 1. The number of non-ortho nitro benzene ring substituents is 1. The van der Waals surface area contributed by atoms with E-state index in [4.69, 9.17) is 14.2 Å². The molecule has 0 aliphatic carbocycles. The third kappa shape index (κ3) is 6.27. The van der Waals surface area contributed by atoms with E-state index in [2.05, 4.69) is 5.32 Å². The quantitative estimate of drug-likeness (QED) is 0.406. The highest BCUT2D eigenvalue weighted by molar-refractivity contribution is 6.03. The number of hydrogen-bond donors (Lipinski definition) is 2. The van der Waals surface area contributed by atoms with Gasteiger partial charge in [-0.1, -0.05) is 6.08 Å². The fourth-order valence-electron chi connectivity index (χ4n) is 3.77. The molecule has 2 aromatic rings. The average Bonchev–Trinajstić information content (AvgIpc) is 3.35. The molecule has 0 radical (unpaired) electrons. The van der Waals surface area contributed by atoms with Crippen LogP contribution in [0.25, 0.3) is 6.08 Å². The number of nitrogens with one attached hydrogen (secondary N) is 1. The summed E-state index contributed by atoms with van der Waals surface area (Å²) in [5.74, 6) is 0.286. The second-order valence-electron chi connectivity index (χ2n) is 7.70. The molecule has 1 heterocycles. The fraction of sp³-hybridized carbons (Fsp3) is 0.333. The number of nitrogens with zero attached hydrogens (tertiary/aromatic N) is 2. The maximum absolute atomic E-state index is 13.2. The number of benzene rings is 2. The molecule has 0 unspecified atom stereocenters. The average molecular weight is 485 g/mol. The third-order valence-electron chi connectivity index (χ3n) is 5.56. The Labute approximate surface area is 202 Å². The molecule has 2 amide bonds. The summed E-state index contributed by atoms with van der Waals surface area (Å²) in [4.78, 5) is 37.5. The van der Waals surface area contributed by atoms with Crippen LogP contribution in [0.3, 0.4) is 0 Å². The predicted octanol–water partition coefficient (Wildman–Crippen LogP) is 3.47. The first-order chi connectivity index (χ1) is 16.9. The van der Waals surface area contributed by atoms with E-state index < -0.39 is 11.0 Å². The topological polar surface area (TPSA) is 140 Å².